The average molecular weight is 206 g/mol. The predicted octanol–water partition coefficient (Wildman–Crippen LogP) is 0.748. The topological polar surface area (TPSA) is 72.2 Å². The molecular weight excluding hydrogens is 199 g/mol. The predicted molar refractivity (Wildman–Crippen MR) is 55.4 cm³/mol. The zero-order valence-electron chi connectivity index (χ0n) is 7.58. The van der Waals surface area contributed by atoms with Crippen LogP contribution >= 0.6 is 0 Å². The minimum absolute atomic E-state index is 0.0756. The molecule has 0 saturated carbocycles. The lowest BCUT2D eigenvalue weighted by Gasteiger charge is -2.09. The van der Waals surface area contributed by atoms with Gasteiger partial charge in [0.2, 0.25) is 0 Å². The molecule has 0 saturated heterocycles. The summed E-state index contributed by atoms with van der Waals surface area (Å²) in [6, 6.07) is 5.38. The summed E-state index contributed by atoms with van der Waals surface area (Å²) in [5.74, 6) is -0.376. The molecule has 76 valence electrons. The lowest BCUT2D eigenvalue weighted by molar-refractivity contribution is 0.628. The standard InChI is InChI=1S/C10H7FN2O2/c11-5-1-3-6(4-2-5)13-8-7(12)9(14)10(8)15/h1-4,13H,12H2. The first-order chi connectivity index (χ1) is 7.09. The van der Waals surface area contributed by atoms with Crippen LogP contribution in [0.4, 0.5) is 21.5 Å². The highest BCUT2D eigenvalue weighted by Crippen LogP contribution is 2.17. The summed E-state index contributed by atoms with van der Waals surface area (Å²) in [6.07, 6.45) is 0. The molecule has 0 aliphatic heterocycles. The van der Waals surface area contributed by atoms with E-state index in [9.17, 15) is 14.0 Å². The van der Waals surface area contributed by atoms with Gasteiger partial charge in [-0.05, 0) is 24.3 Å². The van der Waals surface area contributed by atoms with Crippen molar-refractivity contribution in [1.29, 1.82) is 0 Å². The second kappa shape index (κ2) is 3.20. The summed E-state index contributed by atoms with van der Waals surface area (Å²) in [6.45, 7) is 0. The highest BCUT2D eigenvalue weighted by molar-refractivity contribution is 5.76. The second-order valence-electron chi connectivity index (χ2n) is 3.08. The number of nitrogens with one attached hydrogen (secondary N) is 1. The highest BCUT2D eigenvalue weighted by atomic mass is 19.1. The van der Waals surface area contributed by atoms with Crippen molar-refractivity contribution in [3.63, 3.8) is 0 Å². The normalized spacial score (nSPS) is 10.5. The molecule has 0 heterocycles. The first-order valence-electron chi connectivity index (χ1n) is 4.21. The van der Waals surface area contributed by atoms with Crippen molar-refractivity contribution < 1.29 is 4.39 Å². The largest absolute Gasteiger partial charge is 0.394 e. The smallest absolute Gasteiger partial charge is 0.253 e. The summed E-state index contributed by atoms with van der Waals surface area (Å²) in [7, 11) is 0. The van der Waals surface area contributed by atoms with E-state index in [1.165, 1.54) is 24.3 Å². The maximum atomic E-state index is 12.5. The van der Waals surface area contributed by atoms with Gasteiger partial charge in [-0.15, -0.1) is 0 Å². The van der Waals surface area contributed by atoms with E-state index in [0.29, 0.717) is 5.69 Å². The van der Waals surface area contributed by atoms with Crippen LogP contribution in [-0.4, -0.2) is 0 Å². The Labute approximate surface area is 83.8 Å². The third kappa shape index (κ3) is 1.48. The van der Waals surface area contributed by atoms with Crippen molar-refractivity contribution in [2.24, 2.45) is 0 Å². The van der Waals surface area contributed by atoms with Gasteiger partial charge in [-0.2, -0.15) is 0 Å². The Balaban J connectivity index is 2.28. The molecule has 5 heteroatoms. The van der Waals surface area contributed by atoms with E-state index < -0.39 is 10.9 Å². The maximum Gasteiger partial charge on any atom is 0.253 e. The van der Waals surface area contributed by atoms with Crippen LogP contribution in [0.15, 0.2) is 33.9 Å². The first kappa shape index (κ1) is 9.39. The second-order valence-corrected chi connectivity index (χ2v) is 3.08. The number of benzene rings is 1. The molecule has 0 atom stereocenters. The van der Waals surface area contributed by atoms with E-state index in [0.717, 1.165) is 0 Å². The number of anilines is 3. The fourth-order valence-corrected chi connectivity index (χ4v) is 1.21. The van der Waals surface area contributed by atoms with Crippen LogP contribution in [0, 0.1) is 5.82 Å². The summed E-state index contributed by atoms with van der Waals surface area (Å²) in [5.41, 5.74) is 4.49. The van der Waals surface area contributed by atoms with E-state index in [4.69, 9.17) is 5.73 Å². The van der Waals surface area contributed by atoms with E-state index >= 15 is 0 Å². The first-order valence-corrected chi connectivity index (χ1v) is 4.21. The molecule has 2 aromatic carbocycles. The molecule has 2 aromatic rings. The summed E-state index contributed by atoms with van der Waals surface area (Å²) >= 11 is 0. The molecule has 0 aliphatic rings. The SMILES string of the molecule is Nc1c(Nc2ccc(F)cc2)c(=O)c1=O. The Morgan fingerprint density at radius 1 is 1.07 bits per heavy atom. The Kier molecular flexibility index (Phi) is 2.00. The van der Waals surface area contributed by atoms with Crippen molar-refractivity contribution in [1.82, 2.24) is 0 Å². The third-order valence-corrected chi connectivity index (χ3v) is 2.06. The third-order valence-electron chi connectivity index (χ3n) is 2.06. The highest BCUT2D eigenvalue weighted by Gasteiger charge is 2.17. The molecule has 0 unspecified atom stereocenters. The van der Waals surface area contributed by atoms with Crippen LogP contribution < -0.4 is 21.9 Å². The van der Waals surface area contributed by atoms with Crippen LogP contribution in [0.5, 0.6) is 0 Å². The van der Waals surface area contributed by atoms with Gasteiger partial charge in [-0.1, -0.05) is 0 Å². The van der Waals surface area contributed by atoms with Gasteiger partial charge in [0, 0.05) is 5.69 Å². The molecule has 3 N–H and O–H groups in total. The van der Waals surface area contributed by atoms with Crippen molar-refractivity contribution in [3.8, 4) is 0 Å². The Morgan fingerprint density at radius 2 is 1.67 bits per heavy atom. The van der Waals surface area contributed by atoms with Crippen molar-refractivity contribution >= 4 is 17.1 Å². The number of rotatable bonds is 2. The number of halogens is 1. The van der Waals surface area contributed by atoms with Crippen LogP contribution in [0.3, 0.4) is 0 Å². The Hall–Kier alpha value is -2.17. The zero-order chi connectivity index (χ0) is 11.0. The van der Waals surface area contributed by atoms with Gasteiger partial charge >= 0.3 is 0 Å². The Morgan fingerprint density at radius 3 is 2.20 bits per heavy atom. The zero-order valence-corrected chi connectivity index (χ0v) is 7.58. The lowest BCUT2D eigenvalue weighted by Crippen LogP contribution is -2.36. The number of nitrogen functional groups attached to an aromatic ring is 1. The minimum atomic E-state index is -0.681. The molecule has 0 amide bonds. The van der Waals surface area contributed by atoms with Gasteiger partial charge in [0.15, 0.2) is 0 Å². The van der Waals surface area contributed by atoms with Crippen LogP contribution in [0.25, 0.3) is 0 Å². The van der Waals surface area contributed by atoms with Crippen LogP contribution in [-0.2, 0) is 0 Å². The van der Waals surface area contributed by atoms with Crippen molar-refractivity contribution in [2.45, 2.75) is 0 Å². The van der Waals surface area contributed by atoms with Gasteiger partial charge in [0.1, 0.15) is 17.2 Å². The molecule has 0 aromatic heterocycles. The molecule has 0 fully saturated rings. The number of hydrogen-bond acceptors (Lipinski definition) is 4. The van der Waals surface area contributed by atoms with Gasteiger partial charge in [0.05, 0.1) is 0 Å². The molecule has 0 spiro atoms. The molecule has 15 heavy (non-hydrogen) atoms. The van der Waals surface area contributed by atoms with Gasteiger partial charge in [-0.25, -0.2) is 4.39 Å². The minimum Gasteiger partial charge on any atom is -0.394 e. The Bertz CT molecular complexity index is 568. The summed E-state index contributed by atoms with van der Waals surface area (Å²) < 4.78 is 12.5. The molecule has 0 radical (unpaired) electrons. The maximum absolute atomic E-state index is 12.5. The van der Waals surface area contributed by atoms with E-state index in [2.05, 4.69) is 5.32 Å². The van der Waals surface area contributed by atoms with Crippen LogP contribution in [0.2, 0.25) is 0 Å². The van der Waals surface area contributed by atoms with Gasteiger partial charge < -0.3 is 11.1 Å². The van der Waals surface area contributed by atoms with E-state index in [1.54, 1.807) is 0 Å². The molecule has 4 nitrogen and oxygen atoms in total. The molecular formula is C10H7FN2O2. The van der Waals surface area contributed by atoms with Crippen molar-refractivity contribution in [3.05, 3.63) is 50.5 Å². The van der Waals surface area contributed by atoms with Gasteiger partial charge in [0.25, 0.3) is 10.9 Å². The van der Waals surface area contributed by atoms with E-state index in [1.807, 2.05) is 0 Å². The van der Waals surface area contributed by atoms with E-state index in [-0.39, 0.29) is 17.2 Å². The monoisotopic (exact) mass is 206 g/mol. The van der Waals surface area contributed by atoms with Crippen molar-refractivity contribution in [2.75, 3.05) is 11.1 Å². The fourth-order valence-electron chi connectivity index (χ4n) is 1.21. The molecule has 0 aliphatic carbocycles. The fraction of sp³-hybridized carbons (Fsp3) is 0. The quantitative estimate of drug-likeness (QED) is 0.711. The van der Waals surface area contributed by atoms with Crippen LogP contribution in [0.1, 0.15) is 0 Å². The summed E-state index contributed by atoms with van der Waals surface area (Å²) in [4.78, 5) is 21.8. The average Bonchev–Trinajstić information content (AvgIpc) is 2.27. The van der Waals surface area contributed by atoms with Gasteiger partial charge in [-0.3, -0.25) is 9.59 Å². The molecule has 2 rings (SSSR count). The lowest BCUT2D eigenvalue weighted by atomic mass is 10.2. The molecule has 0 bridgehead atoms. The summed E-state index contributed by atoms with van der Waals surface area (Å²) in [5, 5.41) is 2.65. The number of nitrogens with two attached hydrogens (primary N) is 1. The number of hydrogen-bond donors (Lipinski definition) is 2.